The summed E-state index contributed by atoms with van der Waals surface area (Å²) in [7, 11) is 1.79. The van der Waals surface area contributed by atoms with Crippen LogP contribution in [0.5, 0.6) is 11.8 Å². The molecule has 1 aliphatic carbocycles. The van der Waals surface area contributed by atoms with Crippen LogP contribution in [0.25, 0.3) is 11.3 Å². The highest BCUT2D eigenvalue weighted by Crippen LogP contribution is 2.36. The van der Waals surface area contributed by atoms with Gasteiger partial charge >= 0.3 is 12.3 Å². The Bertz CT molecular complexity index is 1260. The van der Waals surface area contributed by atoms with Gasteiger partial charge in [0.25, 0.3) is 0 Å². The minimum Gasteiger partial charge on any atom is -0.469 e. The number of carbonyl (C=O) groups excluding carboxylic acids is 1. The van der Waals surface area contributed by atoms with Crippen LogP contribution in [0.4, 0.5) is 23.9 Å². The molecule has 1 aliphatic heterocycles. The van der Waals surface area contributed by atoms with Crippen LogP contribution in [0.3, 0.4) is 0 Å². The van der Waals surface area contributed by atoms with Crippen LogP contribution in [0.15, 0.2) is 31.0 Å². The maximum atomic E-state index is 13.3. The molecule has 0 radical (unpaired) electrons. The van der Waals surface area contributed by atoms with Crippen LogP contribution in [0, 0.1) is 0 Å². The molecule has 1 saturated carbocycles. The minimum absolute atomic E-state index is 0.0531. The Kier molecular flexibility index (Phi) is 7.26. The number of ether oxygens (including phenoxy) is 3. The maximum Gasteiger partial charge on any atom is 0.423 e. The van der Waals surface area contributed by atoms with E-state index in [1.807, 2.05) is 0 Å². The molecule has 0 bridgehead atoms. The van der Waals surface area contributed by atoms with Crippen molar-refractivity contribution in [1.29, 1.82) is 0 Å². The zero-order chi connectivity index (χ0) is 26.7. The summed E-state index contributed by atoms with van der Waals surface area (Å²) in [5.74, 6) is -0.397. The number of halogens is 3. The van der Waals surface area contributed by atoms with Crippen molar-refractivity contribution in [2.75, 3.05) is 18.5 Å². The second kappa shape index (κ2) is 10.8. The zero-order valence-corrected chi connectivity index (χ0v) is 20.3. The minimum atomic E-state index is -4.64. The second-order valence-electron chi connectivity index (χ2n) is 9.06. The molecule has 15 heteroatoms. The van der Waals surface area contributed by atoms with Gasteiger partial charge in [0, 0.05) is 37.1 Å². The predicted octanol–water partition coefficient (Wildman–Crippen LogP) is 2.98. The molecule has 1 saturated heterocycles. The summed E-state index contributed by atoms with van der Waals surface area (Å²) in [5, 5.41) is 9.97. The number of anilines is 1. The summed E-state index contributed by atoms with van der Waals surface area (Å²) in [5.41, 5.74) is 0.363. The lowest BCUT2D eigenvalue weighted by Gasteiger charge is -2.30. The number of alkyl halides is 3. The van der Waals surface area contributed by atoms with Crippen LogP contribution in [0.1, 0.15) is 31.2 Å². The van der Waals surface area contributed by atoms with Gasteiger partial charge in [-0.1, -0.05) is 0 Å². The van der Waals surface area contributed by atoms with E-state index < -0.39 is 29.8 Å². The molecule has 0 unspecified atom stereocenters. The number of amides is 1. The largest absolute Gasteiger partial charge is 0.469 e. The van der Waals surface area contributed by atoms with E-state index in [4.69, 9.17) is 14.2 Å². The Labute approximate surface area is 214 Å². The van der Waals surface area contributed by atoms with Crippen LogP contribution in [-0.2, 0) is 18.0 Å². The van der Waals surface area contributed by atoms with Crippen molar-refractivity contribution >= 4 is 12.0 Å². The molecule has 0 aromatic carbocycles. The van der Waals surface area contributed by atoms with Gasteiger partial charge in [-0.15, -0.1) is 0 Å². The van der Waals surface area contributed by atoms with Crippen molar-refractivity contribution < 1.29 is 32.2 Å². The third kappa shape index (κ3) is 6.27. The summed E-state index contributed by atoms with van der Waals surface area (Å²) >= 11 is 0. The Morgan fingerprint density at radius 1 is 1.05 bits per heavy atom. The van der Waals surface area contributed by atoms with E-state index in [0.29, 0.717) is 31.4 Å². The zero-order valence-electron chi connectivity index (χ0n) is 20.3. The monoisotopic (exact) mass is 534 g/mol. The Morgan fingerprint density at radius 3 is 2.42 bits per heavy atom. The summed E-state index contributed by atoms with van der Waals surface area (Å²) < 4.78 is 57.2. The lowest BCUT2D eigenvalue weighted by molar-refractivity contribution is -0.142. The van der Waals surface area contributed by atoms with Gasteiger partial charge in [-0.2, -0.15) is 23.3 Å². The van der Waals surface area contributed by atoms with Crippen molar-refractivity contribution in [1.82, 2.24) is 35.0 Å². The molecule has 3 aromatic rings. The fraction of sp³-hybridized carbons (Fsp3) is 0.478. The van der Waals surface area contributed by atoms with E-state index in [2.05, 4.69) is 35.7 Å². The SMILES string of the molecule is Cn1cc(-c2cnc(OC(=O)NC3CCC(Nc4ncc(C(F)(F)F)c(OC5COC5)n4)CC3)cn2)cn1. The van der Waals surface area contributed by atoms with Crippen LogP contribution in [-0.4, -0.2) is 67.2 Å². The molecular weight excluding hydrogens is 509 g/mol. The number of carbonyl (C=O) groups is 1. The number of aromatic nitrogens is 6. The summed E-state index contributed by atoms with van der Waals surface area (Å²) in [6.07, 6.45) is 3.82. The molecule has 38 heavy (non-hydrogen) atoms. The number of rotatable bonds is 7. The van der Waals surface area contributed by atoms with Crippen molar-refractivity contribution in [3.8, 4) is 23.0 Å². The summed E-state index contributed by atoms with van der Waals surface area (Å²) in [6.45, 7) is 0.430. The molecule has 5 rings (SSSR count). The highest BCUT2D eigenvalue weighted by atomic mass is 19.4. The van der Waals surface area contributed by atoms with Gasteiger partial charge in [0.2, 0.25) is 17.7 Å². The molecule has 2 fully saturated rings. The molecule has 2 N–H and O–H groups in total. The van der Waals surface area contributed by atoms with Crippen LogP contribution >= 0.6 is 0 Å². The van der Waals surface area contributed by atoms with Gasteiger partial charge in [0.05, 0.1) is 37.5 Å². The van der Waals surface area contributed by atoms with Gasteiger partial charge in [0.15, 0.2) is 0 Å². The first-order valence-electron chi connectivity index (χ1n) is 12.0. The predicted molar refractivity (Wildman–Crippen MR) is 125 cm³/mol. The van der Waals surface area contributed by atoms with Crippen molar-refractivity contribution in [3.63, 3.8) is 0 Å². The maximum absolute atomic E-state index is 13.3. The second-order valence-corrected chi connectivity index (χ2v) is 9.06. The summed E-state index contributed by atoms with van der Waals surface area (Å²) in [4.78, 5) is 28.5. The van der Waals surface area contributed by atoms with E-state index in [0.717, 1.165) is 11.8 Å². The van der Waals surface area contributed by atoms with E-state index in [-0.39, 0.29) is 37.1 Å². The Hall–Kier alpha value is -4.01. The van der Waals surface area contributed by atoms with Crippen molar-refractivity contribution in [2.24, 2.45) is 7.05 Å². The average molecular weight is 534 g/mol. The molecule has 1 amide bonds. The first kappa shape index (κ1) is 25.6. The molecular formula is C23H25F3N8O4. The van der Waals surface area contributed by atoms with Crippen molar-refractivity contribution in [3.05, 3.63) is 36.5 Å². The molecule has 0 atom stereocenters. The number of hydrogen-bond donors (Lipinski definition) is 2. The van der Waals surface area contributed by atoms with Crippen molar-refractivity contribution in [2.45, 2.75) is 50.0 Å². The standard InChI is InChI=1S/C23H25F3N8O4/c1-34-10-13(6-30-34)18-8-28-19(9-27-18)38-22(35)32-15-4-2-14(3-5-15)31-21-29-7-17(23(24,25)26)20(33-21)37-16-11-36-12-16/h6-10,14-16H,2-5,11-12H2,1H3,(H,32,35)(H,29,31,33). The third-order valence-electron chi connectivity index (χ3n) is 6.15. The van der Waals surface area contributed by atoms with Gasteiger partial charge in [-0.05, 0) is 25.7 Å². The van der Waals surface area contributed by atoms with Gasteiger partial charge in [-0.3, -0.25) is 4.68 Å². The smallest absolute Gasteiger partial charge is 0.423 e. The van der Waals surface area contributed by atoms with Gasteiger partial charge in [-0.25, -0.2) is 19.7 Å². The van der Waals surface area contributed by atoms with E-state index >= 15 is 0 Å². The molecule has 4 heterocycles. The first-order chi connectivity index (χ1) is 18.2. The number of nitrogens with one attached hydrogen (secondary N) is 2. The topological polar surface area (TPSA) is 138 Å². The molecule has 202 valence electrons. The van der Waals surface area contributed by atoms with E-state index in [1.165, 1.54) is 12.4 Å². The highest BCUT2D eigenvalue weighted by molar-refractivity contribution is 5.70. The molecule has 3 aromatic heterocycles. The Morgan fingerprint density at radius 2 is 1.82 bits per heavy atom. The lowest BCUT2D eigenvalue weighted by Crippen LogP contribution is -2.41. The van der Waals surface area contributed by atoms with Gasteiger partial charge < -0.3 is 24.8 Å². The van der Waals surface area contributed by atoms with Gasteiger partial charge in [0.1, 0.15) is 11.7 Å². The first-order valence-corrected chi connectivity index (χ1v) is 12.0. The average Bonchev–Trinajstić information content (AvgIpc) is 3.29. The number of nitrogens with zero attached hydrogens (tertiary/aromatic N) is 6. The number of hydrogen-bond acceptors (Lipinski definition) is 10. The highest BCUT2D eigenvalue weighted by Gasteiger charge is 2.38. The number of aryl methyl sites for hydroxylation is 1. The lowest BCUT2D eigenvalue weighted by atomic mass is 9.91. The molecule has 2 aliphatic rings. The molecule has 12 nitrogen and oxygen atoms in total. The Balaban J connectivity index is 1.10. The quantitative estimate of drug-likeness (QED) is 0.465. The van der Waals surface area contributed by atoms with E-state index in [9.17, 15) is 18.0 Å². The normalized spacial score (nSPS) is 19.9. The fourth-order valence-corrected chi connectivity index (χ4v) is 4.09. The fourth-order valence-electron chi connectivity index (χ4n) is 4.09. The third-order valence-corrected chi connectivity index (χ3v) is 6.15. The summed E-state index contributed by atoms with van der Waals surface area (Å²) in [6, 6.07) is -0.208. The van der Waals surface area contributed by atoms with E-state index in [1.54, 1.807) is 24.1 Å². The van der Waals surface area contributed by atoms with Crippen LogP contribution in [0.2, 0.25) is 0 Å². The van der Waals surface area contributed by atoms with Crippen LogP contribution < -0.4 is 20.1 Å². The molecule has 0 spiro atoms.